The second-order valence-electron chi connectivity index (χ2n) is 6.87. The number of carbonyl (C=O) groups excluding carboxylic acids is 3. The fourth-order valence-corrected chi connectivity index (χ4v) is 4.75. The molecule has 0 saturated heterocycles. The molecule has 0 radical (unpaired) electrons. The summed E-state index contributed by atoms with van der Waals surface area (Å²) >= 11 is 8.37. The molecule has 0 spiro atoms. The van der Waals surface area contributed by atoms with Gasteiger partial charge in [-0.25, -0.2) is 4.79 Å². The monoisotopic (exact) mass is 518 g/mol. The lowest BCUT2D eigenvalue weighted by Crippen LogP contribution is -2.19. The van der Waals surface area contributed by atoms with Crippen LogP contribution in [-0.2, 0) is 14.3 Å². The summed E-state index contributed by atoms with van der Waals surface area (Å²) in [5, 5.41) is 8.30. The summed E-state index contributed by atoms with van der Waals surface area (Å²) in [5.74, 6) is -0.431. The maximum absolute atomic E-state index is 12.6. The summed E-state index contributed by atoms with van der Waals surface area (Å²) in [6, 6.07) is 14.1. The van der Waals surface area contributed by atoms with Crippen molar-refractivity contribution in [2.24, 2.45) is 0 Å². The number of thiophene rings is 1. The number of halogens is 1. The molecule has 10 heteroatoms. The van der Waals surface area contributed by atoms with Crippen LogP contribution in [0.15, 0.2) is 53.9 Å². The minimum Gasteiger partial charge on any atom is -0.495 e. The summed E-state index contributed by atoms with van der Waals surface area (Å²) in [5.41, 5.74) is 2.29. The van der Waals surface area contributed by atoms with Crippen molar-refractivity contribution in [3.05, 3.63) is 64.5 Å². The molecule has 0 saturated carbocycles. The SMILES string of the molecule is CCOC(=O)c1c(-c2ccc(Cl)cc2)csc1NC(=O)CSCC(=O)Nc1ccccc1OC. The number of carbonyl (C=O) groups is 3. The number of hydrogen-bond donors (Lipinski definition) is 2. The van der Waals surface area contributed by atoms with Crippen LogP contribution in [0, 0.1) is 0 Å². The van der Waals surface area contributed by atoms with E-state index in [0.29, 0.717) is 32.6 Å². The summed E-state index contributed by atoms with van der Waals surface area (Å²) in [6.07, 6.45) is 0. The number of hydrogen-bond acceptors (Lipinski definition) is 7. The van der Waals surface area contributed by atoms with Crippen LogP contribution in [0.4, 0.5) is 10.7 Å². The van der Waals surface area contributed by atoms with Gasteiger partial charge in [0.2, 0.25) is 11.8 Å². The summed E-state index contributed by atoms with van der Waals surface area (Å²) in [6.45, 7) is 1.93. The Bertz CT molecular complexity index is 1160. The first kappa shape index (κ1) is 25.6. The Balaban J connectivity index is 1.62. The molecular weight excluding hydrogens is 496 g/mol. The lowest BCUT2D eigenvalue weighted by molar-refractivity contribution is -0.114. The molecule has 0 aliphatic heterocycles. The number of amides is 2. The first-order valence-corrected chi connectivity index (χ1v) is 12.7. The van der Waals surface area contributed by atoms with Gasteiger partial charge >= 0.3 is 5.97 Å². The molecule has 34 heavy (non-hydrogen) atoms. The lowest BCUT2D eigenvalue weighted by atomic mass is 10.0. The second kappa shape index (κ2) is 12.5. The minimum absolute atomic E-state index is 0.0375. The van der Waals surface area contributed by atoms with Crippen molar-refractivity contribution in [3.63, 3.8) is 0 Å². The maximum Gasteiger partial charge on any atom is 0.341 e. The van der Waals surface area contributed by atoms with Gasteiger partial charge in [0.15, 0.2) is 0 Å². The highest BCUT2D eigenvalue weighted by atomic mass is 35.5. The zero-order valence-corrected chi connectivity index (χ0v) is 20.9. The van der Waals surface area contributed by atoms with Crippen LogP contribution in [0.25, 0.3) is 11.1 Å². The van der Waals surface area contributed by atoms with Gasteiger partial charge in [-0.2, -0.15) is 0 Å². The van der Waals surface area contributed by atoms with E-state index in [4.69, 9.17) is 21.1 Å². The van der Waals surface area contributed by atoms with Crippen molar-refractivity contribution in [1.82, 2.24) is 0 Å². The number of nitrogens with one attached hydrogen (secondary N) is 2. The van der Waals surface area contributed by atoms with E-state index in [1.807, 2.05) is 0 Å². The van der Waals surface area contributed by atoms with Crippen LogP contribution in [-0.4, -0.2) is 43.0 Å². The first-order chi connectivity index (χ1) is 16.4. The number of benzene rings is 2. The minimum atomic E-state index is -0.521. The Labute approximate surface area is 210 Å². The van der Waals surface area contributed by atoms with Gasteiger partial charge < -0.3 is 20.1 Å². The standard InChI is InChI=1S/C24H23ClN2O5S2/c1-3-32-24(30)22-17(15-8-10-16(25)11-9-15)12-34-23(22)27-21(29)14-33-13-20(28)26-18-6-4-5-7-19(18)31-2/h4-12H,3,13-14H2,1-2H3,(H,26,28)(H,27,29). The molecular formula is C24H23ClN2O5S2. The van der Waals surface area contributed by atoms with Gasteiger partial charge in [0.1, 0.15) is 16.3 Å². The highest BCUT2D eigenvalue weighted by molar-refractivity contribution is 8.00. The Morgan fingerprint density at radius 1 is 1.00 bits per heavy atom. The third kappa shape index (κ3) is 6.75. The molecule has 0 unspecified atom stereocenters. The van der Waals surface area contributed by atoms with Crippen LogP contribution in [0.3, 0.4) is 0 Å². The highest BCUT2D eigenvalue weighted by Crippen LogP contribution is 2.36. The number of anilines is 2. The second-order valence-corrected chi connectivity index (χ2v) is 9.17. The summed E-state index contributed by atoms with van der Waals surface area (Å²) in [4.78, 5) is 37.4. The predicted octanol–water partition coefficient (Wildman–Crippen LogP) is 5.56. The van der Waals surface area contributed by atoms with E-state index in [0.717, 1.165) is 17.3 Å². The van der Waals surface area contributed by atoms with Crippen LogP contribution in [0.5, 0.6) is 5.75 Å². The number of rotatable bonds is 10. The molecule has 7 nitrogen and oxygen atoms in total. The van der Waals surface area contributed by atoms with Gasteiger partial charge in [-0.3, -0.25) is 9.59 Å². The van der Waals surface area contributed by atoms with Crippen molar-refractivity contribution in [3.8, 4) is 16.9 Å². The summed E-state index contributed by atoms with van der Waals surface area (Å²) in [7, 11) is 1.53. The molecule has 2 aromatic carbocycles. The molecule has 0 bridgehead atoms. The van der Waals surface area contributed by atoms with Gasteiger partial charge in [0.05, 0.1) is 30.9 Å². The third-order valence-corrected chi connectivity index (χ3v) is 6.61. The summed E-state index contributed by atoms with van der Waals surface area (Å²) < 4.78 is 10.4. The van der Waals surface area contributed by atoms with Crippen LogP contribution < -0.4 is 15.4 Å². The molecule has 1 aromatic heterocycles. The van der Waals surface area contributed by atoms with Crippen LogP contribution in [0.1, 0.15) is 17.3 Å². The fourth-order valence-electron chi connectivity index (χ4n) is 3.03. The van der Waals surface area contributed by atoms with E-state index in [1.165, 1.54) is 18.4 Å². The average Bonchev–Trinajstić information content (AvgIpc) is 3.23. The molecule has 0 aliphatic carbocycles. The van der Waals surface area contributed by atoms with Crippen molar-refractivity contribution < 1.29 is 23.9 Å². The van der Waals surface area contributed by atoms with E-state index < -0.39 is 5.97 Å². The molecule has 0 aliphatic rings. The Hall–Kier alpha value is -3.01. The van der Waals surface area contributed by atoms with Crippen molar-refractivity contribution >= 4 is 63.2 Å². The van der Waals surface area contributed by atoms with E-state index in [2.05, 4.69) is 10.6 Å². The van der Waals surface area contributed by atoms with E-state index >= 15 is 0 Å². The smallest absolute Gasteiger partial charge is 0.341 e. The van der Waals surface area contributed by atoms with Crippen LogP contribution >= 0.6 is 34.7 Å². The normalized spacial score (nSPS) is 10.4. The molecule has 0 atom stereocenters. The largest absolute Gasteiger partial charge is 0.495 e. The first-order valence-electron chi connectivity index (χ1n) is 10.3. The molecule has 0 fully saturated rings. The van der Waals surface area contributed by atoms with Gasteiger partial charge in [-0.1, -0.05) is 35.9 Å². The maximum atomic E-state index is 12.6. The van der Waals surface area contributed by atoms with Crippen LogP contribution in [0.2, 0.25) is 5.02 Å². The van der Waals surface area contributed by atoms with Gasteiger partial charge in [-0.15, -0.1) is 23.1 Å². The Morgan fingerprint density at radius 2 is 1.68 bits per heavy atom. The topological polar surface area (TPSA) is 93.7 Å². The van der Waals surface area contributed by atoms with Gasteiger partial charge in [0.25, 0.3) is 0 Å². The quantitative estimate of drug-likeness (QED) is 0.341. The number of thioether (sulfide) groups is 1. The number of para-hydroxylation sites is 2. The van der Waals surface area contributed by atoms with Crippen molar-refractivity contribution in [2.75, 3.05) is 35.9 Å². The number of methoxy groups -OCH3 is 1. The molecule has 3 rings (SSSR count). The van der Waals surface area contributed by atoms with Gasteiger partial charge in [-0.05, 0) is 36.8 Å². The third-order valence-electron chi connectivity index (χ3n) is 4.53. The van der Waals surface area contributed by atoms with Crippen molar-refractivity contribution in [2.45, 2.75) is 6.92 Å². The molecule has 2 amide bonds. The molecule has 1 heterocycles. The van der Waals surface area contributed by atoms with E-state index in [9.17, 15) is 14.4 Å². The fraction of sp³-hybridized carbons (Fsp3) is 0.208. The van der Waals surface area contributed by atoms with Crippen molar-refractivity contribution in [1.29, 1.82) is 0 Å². The average molecular weight is 519 g/mol. The number of esters is 1. The lowest BCUT2D eigenvalue weighted by Gasteiger charge is -2.10. The van der Waals surface area contributed by atoms with E-state index in [1.54, 1.807) is 60.8 Å². The molecule has 3 aromatic rings. The number of ether oxygens (including phenoxy) is 2. The molecule has 178 valence electrons. The highest BCUT2D eigenvalue weighted by Gasteiger charge is 2.23. The molecule has 2 N–H and O–H groups in total. The predicted molar refractivity (Wildman–Crippen MR) is 138 cm³/mol. The Kier molecular flexibility index (Phi) is 9.38. The zero-order chi connectivity index (χ0) is 24.5. The Morgan fingerprint density at radius 3 is 2.35 bits per heavy atom. The van der Waals surface area contributed by atoms with Gasteiger partial charge in [0, 0.05) is 16.0 Å². The zero-order valence-electron chi connectivity index (χ0n) is 18.6. The van der Waals surface area contributed by atoms with E-state index in [-0.39, 0.29) is 29.9 Å².